The van der Waals surface area contributed by atoms with Gasteiger partial charge < -0.3 is 5.11 Å². The first-order valence-corrected chi connectivity index (χ1v) is 7.15. The molecule has 1 unspecified atom stereocenters. The molecule has 0 bridgehead atoms. The topological polar surface area (TPSA) is 37.3 Å². The molecule has 2 nitrogen and oxygen atoms in total. The van der Waals surface area contributed by atoms with E-state index in [9.17, 15) is 23.1 Å². The number of aryl methyl sites for hydroxylation is 2. The lowest BCUT2D eigenvalue weighted by molar-refractivity contribution is -0.141. The molecule has 0 saturated heterocycles. The Labute approximate surface area is 132 Å². The Kier molecular flexibility index (Phi) is 4.78. The quantitative estimate of drug-likeness (QED) is 0.883. The third-order valence-corrected chi connectivity index (χ3v) is 3.85. The van der Waals surface area contributed by atoms with E-state index in [1.165, 1.54) is 18.2 Å². The van der Waals surface area contributed by atoms with Crippen LogP contribution >= 0.6 is 0 Å². The number of rotatable bonds is 4. The molecule has 0 aliphatic heterocycles. The van der Waals surface area contributed by atoms with Gasteiger partial charge in [-0.25, -0.2) is 0 Å². The number of alkyl halides is 3. The maximum atomic E-state index is 13.1. The van der Waals surface area contributed by atoms with E-state index < -0.39 is 23.6 Å². The van der Waals surface area contributed by atoms with Crippen molar-refractivity contribution >= 4 is 5.97 Å². The molecule has 23 heavy (non-hydrogen) atoms. The first-order valence-electron chi connectivity index (χ1n) is 7.15. The van der Waals surface area contributed by atoms with Crippen LogP contribution in [0.5, 0.6) is 0 Å². The molecule has 0 fully saturated rings. The van der Waals surface area contributed by atoms with Crippen molar-refractivity contribution in [2.45, 2.75) is 32.4 Å². The number of carbonyl (C=O) groups is 1. The molecular weight excluding hydrogens is 305 g/mol. The van der Waals surface area contributed by atoms with Gasteiger partial charge in [-0.05, 0) is 43.0 Å². The molecule has 0 radical (unpaired) electrons. The van der Waals surface area contributed by atoms with Crippen molar-refractivity contribution in [3.63, 3.8) is 0 Å². The van der Waals surface area contributed by atoms with Gasteiger partial charge in [0.2, 0.25) is 0 Å². The predicted octanol–water partition coefficient (Wildman–Crippen LogP) is 4.73. The standard InChI is InChI=1S/C18H17F3O2/c1-11-7-8-14(12(2)9-11)15(17(22)23)10-13-5-3-4-6-16(13)18(19,20)21/h3-9,15H,10H2,1-2H3,(H,22,23). The second kappa shape index (κ2) is 6.44. The van der Waals surface area contributed by atoms with E-state index in [0.717, 1.165) is 17.2 Å². The van der Waals surface area contributed by atoms with Gasteiger partial charge in [-0.15, -0.1) is 0 Å². The van der Waals surface area contributed by atoms with Gasteiger partial charge in [0.1, 0.15) is 0 Å². The molecule has 0 aliphatic rings. The summed E-state index contributed by atoms with van der Waals surface area (Å²) in [7, 11) is 0. The average molecular weight is 322 g/mol. The Bertz CT molecular complexity index is 720. The third kappa shape index (κ3) is 3.92. The van der Waals surface area contributed by atoms with Crippen molar-refractivity contribution < 1.29 is 23.1 Å². The van der Waals surface area contributed by atoms with Gasteiger partial charge in [0, 0.05) is 0 Å². The Morgan fingerprint density at radius 3 is 2.35 bits per heavy atom. The summed E-state index contributed by atoms with van der Waals surface area (Å²) >= 11 is 0. The maximum Gasteiger partial charge on any atom is 0.416 e. The summed E-state index contributed by atoms with van der Waals surface area (Å²) in [6, 6.07) is 10.4. The highest BCUT2D eigenvalue weighted by molar-refractivity contribution is 5.77. The van der Waals surface area contributed by atoms with E-state index in [4.69, 9.17) is 0 Å². The zero-order valence-electron chi connectivity index (χ0n) is 12.8. The zero-order chi connectivity index (χ0) is 17.2. The van der Waals surface area contributed by atoms with Crippen LogP contribution < -0.4 is 0 Å². The molecule has 0 heterocycles. The van der Waals surface area contributed by atoms with Crippen LogP contribution in [0.3, 0.4) is 0 Å². The van der Waals surface area contributed by atoms with Gasteiger partial charge >= 0.3 is 12.1 Å². The number of halogens is 3. The van der Waals surface area contributed by atoms with E-state index >= 15 is 0 Å². The lowest BCUT2D eigenvalue weighted by atomic mass is 9.87. The highest BCUT2D eigenvalue weighted by Gasteiger charge is 2.34. The summed E-state index contributed by atoms with van der Waals surface area (Å²) in [5.41, 5.74) is 1.50. The van der Waals surface area contributed by atoms with Crippen molar-refractivity contribution in [2.75, 3.05) is 0 Å². The van der Waals surface area contributed by atoms with Gasteiger partial charge in [0.25, 0.3) is 0 Å². The highest BCUT2D eigenvalue weighted by Crippen LogP contribution is 2.34. The van der Waals surface area contributed by atoms with Gasteiger partial charge in [-0.1, -0.05) is 42.0 Å². The van der Waals surface area contributed by atoms with Crippen LogP contribution in [-0.2, 0) is 17.4 Å². The van der Waals surface area contributed by atoms with Crippen LogP contribution in [0, 0.1) is 13.8 Å². The van der Waals surface area contributed by atoms with E-state index in [2.05, 4.69) is 0 Å². The van der Waals surface area contributed by atoms with Crippen molar-refractivity contribution in [3.05, 3.63) is 70.3 Å². The van der Waals surface area contributed by atoms with Gasteiger partial charge in [0.15, 0.2) is 0 Å². The summed E-state index contributed by atoms with van der Waals surface area (Å²) in [6.45, 7) is 3.65. The molecular formula is C18H17F3O2. The third-order valence-electron chi connectivity index (χ3n) is 3.85. The first kappa shape index (κ1) is 17.1. The van der Waals surface area contributed by atoms with E-state index in [1.807, 2.05) is 13.0 Å². The van der Waals surface area contributed by atoms with Crippen LogP contribution in [-0.4, -0.2) is 11.1 Å². The Hall–Kier alpha value is -2.30. The average Bonchev–Trinajstić information content (AvgIpc) is 2.44. The molecule has 0 amide bonds. The van der Waals surface area contributed by atoms with E-state index in [-0.39, 0.29) is 12.0 Å². The summed E-state index contributed by atoms with van der Waals surface area (Å²) in [5.74, 6) is -2.15. The van der Waals surface area contributed by atoms with E-state index in [0.29, 0.717) is 5.56 Å². The lowest BCUT2D eigenvalue weighted by Crippen LogP contribution is -2.18. The fraction of sp³-hybridized carbons (Fsp3) is 0.278. The van der Waals surface area contributed by atoms with Crippen LogP contribution in [0.4, 0.5) is 13.2 Å². The highest BCUT2D eigenvalue weighted by atomic mass is 19.4. The number of hydrogen-bond donors (Lipinski definition) is 1. The summed E-state index contributed by atoms with van der Waals surface area (Å²) < 4.78 is 39.3. The van der Waals surface area contributed by atoms with Crippen LogP contribution in [0.15, 0.2) is 42.5 Å². The molecule has 5 heteroatoms. The van der Waals surface area contributed by atoms with Crippen molar-refractivity contribution in [2.24, 2.45) is 0 Å². The van der Waals surface area contributed by atoms with Gasteiger partial charge in [-0.3, -0.25) is 4.79 Å². The minimum absolute atomic E-state index is 0.00706. The Morgan fingerprint density at radius 1 is 1.13 bits per heavy atom. The monoisotopic (exact) mass is 322 g/mol. The van der Waals surface area contributed by atoms with Gasteiger partial charge in [-0.2, -0.15) is 13.2 Å². The fourth-order valence-corrected chi connectivity index (χ4v) is 2.74. The Morgan fingerprint density at radius 2 is 1.78 bits per heavy atom. The normalized spacial score (nSPS) is 12.9. The molecule has 1 atom stereocenters. The maximum absolute atomic E-state index is 13.1. The SMILES string of the molecule is Cc1ccc(C(Cc2ccccc2C(F)(F)F)C(=O)O)c(C)c1. The lowest BCUT2D eigenvalue weighted by Gasteiger charge is -2.19. The minimum atomic E-state index is -4.50. The number of carboxylic acids is 1. The second-order valence-electron chi connectivity index (χ2n) is 5.61. The molecule has 0 saturated carbocycles. The van der Waals surface area contributed by atoms with Crippen LogP contribution in [0.1, 0.15) is 33.7 Å². The van der Waals surface area contributed by atoms with Crippen molar-refractivity contribution in [1.82, 2.24) is 0 Å². The first-order chi connectivity index (χ1) is 10.7. The smallest absolute Gasteiger partial charge is 0.416 e. The molecule has 2 aromatic rings. The van der Waals surface area contributed by atoms with Crippen LogP contribution in [0.25, 0.3) is 0 Å². The number of benzene rings is 2. The molecule has 122 valence electrons. The number of aliphatic carboxylic acids is 1. The molecule has 0 aliphatic carbocycles. The summed E-state index contributed by atoms with van der Waals surface area (Å²) in [5, 5.41) is 9.49. The minimum Gasteiger partial charge on any atom is -0.481 e. The Balaban J connectivity index is 2.44. The van der Waals surface area contributed by atoms with Crippen molar-refractivity contribution in [1.29, 1.82) is 0 Å². The number of hydrogen-bond acceptors (Lipinski definition) is 1. The molecule has 2 aromatic carbocycles. The molecule has 0 aromatic heterocycles. The molecule has 0 spiro atoms. The summed E-state index contributed by atoms with van der Waals surface area (Å²) in [4.78, 5) is 11.6. The molecule has 2 rings (SSSR count). The largest absolute Gasteiger partial charge is 0.481 e. The fourth-order valence-electron chi connectivity index (χ4n) is 2.74. The second-order valence-corrected chi connectivity index (χ2v) is 5.61. The number of carboxylic acid groups (broad SMARTS) is 1. The van der Waals surface area contributed by atoms with Crippen LogP contribution in [0.2, 0.25) is 0 Å². The zero-order valence-corrected chi connectivity index (χ0v) is 12.8. The van der Waals surface area contributed by atoms with Crippen molar-refractivity contribution in [3.8, 4) is 0 Å². The van der Waals surface area contributed by atoms with Gasteiger partial charge in [0.05, 0.1) is 11.5 Å². The summed E-state index contributed by atoms with van der Waals surface area (Å²) in [6.07, 6.45) is -4.70. The molecule has 1 N–H and O–H groups in total. The van der Waals surface area contributed by atoms with E-state index in [1.54, 1.807) is 19.1 Å². The predicted molar refractivity (Wildman–Crippen MR) is 81.4 cm³/mol.